The van der Waals surface area contributed by atoms with Crippen molar-refractivity contribution in [3.8, 4) is 0 Å². The molecule has 0 aliphatic rings. The van der Waals surface area contributed by atoms with E-state index in [1.807, 2.05) is 70.2 Å². The summed E-state index contributed by atoms with van der Waals surface area (Å²) in [5.41, 5.74) is 3.58. The number of anilines is 1. The molecule has 0 spiro atoms. The molecule has 1 N–H and O–H groups in total. The number of nitrogens with zero attached hydrogens (tertiary/aromatic N) is 2. The first-order chi connectivity index (χ1) is 15.9. The highest BCUT2D eigenvalue weighted by molar-refractivity contribution is 7.92. The quantitative estimate of drug-likeness (QED) is 0.522. The van der Waals surface area contributed by atoms with Gasteiger partial charge in [-0.25, -0.2) is 8.42 Å². The number of hydrogen-bond donors (Lipinski definition) is 1. The summed E-state index contributed by atoms with van der Waals surface area (Å²) in [5, 5.41) is 2.87. The molecule has 0 aromatic heterocycles. The number of benzene rings is 2. The van der Waals surface area contributed by atoms with Crippen molar-refractivity contribution in [3.05, 3.63) is 65.2 Å². The van der Waals surface area contributed by atoms with Crippen LogP contribution in [-0.4, -0.2) is 50.0 Å². The zero-order valence-electron chi connectivity index (χ0n) is 21.0. The smallest absolute Gasteiger partial charge is 0.242 e. The van der Waals surface area contributed by atoms with Crippen molar-refractivity contribution in [2.45, 2.75) is 66.1 Å². The maximum absolute atomic E-state index is 13.2. The van der Waals surface area contributed by atoms with Crippen molar-refractivity contribution in [2.75, 3.05) is 17.1 Å². The fraction of sp³-hybridized carbons (Fsp3) is 0.462. The van der Waals surface area contributed by atoms with Gasteiger partial charge in [0.1, 0.15) is 6.04 Å². The first-order valence-electron chi connectivity index (χ1n) is 11.6. The van der Waals surface area contributed by atoms with Crippen molar-refractivity contribution in [1.82, 2.24) is 10.2 Å². The van der Waals surface area contributed by atoms with Crippen LogP contribution in [-0.2, 0) is 26.2 Å². The van der Waals surface area contributed by atoms with E-state index in [-0.39, 0.29) is 30.8 Å². The van der Waals surface area contributed by atoms with Gasteiger partial charge in [0.2, 0.25) is 21.8 Å². The summed E-state index contributed by atoms with van der Waals surface area (Å²) in [6, 6.07) is 14.4. The van der Waals surface area contributed by atoms with Crippen LogP contribution in [0.1, 0.15) is 50.3 Å². The van der Waals surface area contributed by atoms with Crippen LogP contribution in [0.3, 0.4) is 0 Å². The largest absolute Gasteiger partial charge is 0.352 e. The second kappa shape index (κ2) is 12.0. The summed E-state index contributed by atoms with van der Waals surface area (Å²) in [5.74, 6) is -0.405. The normalized spacial score (nSPS) is 12.3. The standard InChI is InChI=1S/C26H37N3O4S/c1-19(2)27-26(31)22(5)28(18-23-14-12-20(3)13-15-23)25(30)11-8-16-29(34(6,32)33)24-10-7-9-21(4)17-24/h7,9-10,12-15,17,19,22H,8,11,16,18H2,1-6H3,(H,27,31). The van der Waals surface area contributed by atoms with Gasteiger partial charge in [-0.3, -0.25) is 13.9 Å². The highest BCUT2D eigenvalue weighted by atomic mass is 32.2. The maximum Gasteiger partial charge on any atom is 0.242 e. The van der Waals surface area contributed by atoms with Crippen molar-refractivity contribution < 1.29 is 18.0 Å². The van der Waals surface area contributed by atoms with Gasteiger partial charge < -0.3 is 10.2 Å². The van der Waals surface area contributed by atoms with Crippen LogP contribution in [0.4, 0.5) is 5.69 Å². The Balaban J connectivity index is 2.16. The minimum Gasteiger partial charge on any atom is -0.352 e. The third-order valence-corrected chi connectivity index (χ3v) is 6.71. The first-order valence-corrected chi connectivity index (χ1v) is 13.4. The molecular formula is C26H37N3O4S. The average molecular weight is 488 g/mol. The van der Waals surface area contributed by atoms with Crippen molar-refractivity contribution in [2.24, 2.45) is 0 Å². The van der Waals surface area contributed by atoms with Crippen LogP contribution >= 0.6 is 0 Å². The summed E-state index contributed by atoms with van der Waals surface area (Å²) in [6.07, 6.45) is 1.63. The molecule has 8 heteroatoms. The molecule has 2 aromatic carbocycles. The summed E-state index contributed by atoms with van der Waals surface area (Å²) < 4.78 is 26.1. The minimum absolute atomic E-state index is 0.0380. The number of hydrogen-bond acceptors (Lipinski definition) is 4. The minimum atomic E-state index is -3.50. The van der Waals surface area contributed by atoms with Crippen molar-refractivity contribution in [3.63, 3.8) is 0 Å². The number of sulfonamides is 1. The Morgan fingerprint density at radius 2 is 1.62 bits per heavy atom. The second-order valence-electron chi connectivity index (χ2n) is 9.12. The van der Waals surface area contributed by atoms with Crippen LogP contribution in [0.2, 0.25) is 0 Å². The molecule has 1 atom stereocenters. The van der Waals surface area contributed by atoms with Crippen LogP contribution in [0.15, 0.2) is 48.5 Å². The van der Waals surface area contributed by atoms with E-state index in [2.05, 4.69) is 5.32 Å². The Kier molecular flexibility index (Phi) is 9.67. The molecule has 0 bridgehead atoms. The zero-order valence-corrected chi connectivity index (χ0v) is 21.9. The molecule has 1 unspecified atom stereocenters. The monoisotopic (exact) mass is 487 g/mol. The first kappa shape index (κ1) is 27.4. The van der Waals surface area contributed by atoms with Gasteiger partial charge in [-0.1, -0.05) is 42.0 Å². The van der Waals surface area contributed by atoms with E-state index in [4.69, 9.17) is 0 Å². The molecule has 2 rings (SSSR count). The van der Waals surface area contributed by atoms with Gasteiger partial charge in [0.15, 0.2) is 0 Å². The molecule has 7 nitrogen and oxygen atoms in total. The molecule has 2 amide bonds. The van der Waals surface area contributed by atoms with Gasteiger partial charge in [0, 0.05) is 25.6 Å². The molecular weight excluding hydrogens is 450 g/mol. The lowest BCUT2D eigenvalue weighted by molar-refractivity contribution is -0.140. The molecule has 186 valence electrons. The van der Waals surface area contributed by atoms with E-state index in [1.165, 1.54) is 10.6 Å². The van der Waals surface area contributed by atoms with Crippen molar-refractivity contribution in [1.29, 1.82) is 0 Å². The predicted octanol–water partition coefficient (Wildman–Crippen LogP) is 3.79. The Bertz CT molecular complexity index is 1080. The number of carbonyl (C=O) groups excluding carboxylic acids is 2. The molecule has 0 aliphatic carbocycles. The Labute approximate surface area is 204 Å². The predicted molar refractivity (Wildman–Crippen MR) is 137 cm³/mol. The van der Waals surface area contributed by atoms with Gasteiger partial charge in [-0.05, 0) is 64.3 Å². The highest BCUT2D eigenvalue weighted by Gasteiger charge is 2.27. The summed E-state index contributed by atoms with van der Waals surface area (Å²) in [7, 11) is -3.50. The molecule has 34 heavy (non-hydrogen) atoms. The molecule has 0 radical (unpaired) electrons. The molecule has 2 aromatic rings. The SMILES string of the molecule is Cc1ccc(CN(C(=O)CCCN(c2cccc(C)c2)S(C)(=O)=O)C(C)C(=O)NC(C)C)cc1. The van der Waals surface area contributed by atoms with Crippen LogP contribution in [0.25, 0.3) is 0 Å². The Hall–Kier alpha value is -2.87. The average Bonchev–Trinajstić information content (AvgIpc) is 2.74. The van der Waals surface area contributed by atoms with Crippen LogP contribution in [0.5, 0.6) is 0 Å². The summed E-state index contributed by atoms with van der Waals surface area (Å²) in [4.78, 5) is 27.5. The van der Waals surface area contributed by atoms with E-state index >= 15 is 0 Å². The Morgan fingerprint density at radius 1 is 0.971 bits per heavy atom. The number of amides is 2. The lowest BCUT2D eigenvalue weighted by Gasteiger charge is -2.30. The van der Waals surface area contributed by atoms with E-state index in [9.17, 15) is 18.0 Å². The van der Waals surface area contributed by atoms with Gasteiger partial charge in [-0.15, -0.1) is 0 Å². The number of rotatable bonds is 11. The second-order valence-corrected chi connectivity index (χ2v) is 11.0. The van der Waals surface area contributed by atoms with E-state index < -0.39 is 16.1 Å². The lowest BCUT2D eigenvalue weighted by atomic mass is 10.1. The molecule has 0 fully saturated rings. The fourth-order valence-corrected chi connectivity index (χ4v) is 4.62. The fourth-order valence-electron chi connectivity index (χ4n) is 3.66. The van der Waals surface area contributed by atoms with E-state index in [1.54, 1.807) is 17.9 Å². The zero-order chi connectivity index (χ0) is 25.5. The topological polar surface area (TPSA) is 86.8 Å². The van der Waals surface area contributed by atoms with Gasteiger partial charge in [0.25, 0.3) is 0 Å². The number of carbonyl (C=O) groups is 2. The highest BCUT2D eigenvalue weighted by Crippen LogP contribution is 2.20. The lowest BCUT2D eigenvalue weighted by Crippen LogP contribution is -2.49. The molecule has 0 aliphatic heterocycles. The number of aryl methyl sites for hydroxylation is 2. The summed E-state index contributed by atoms with van der Waals surface area (Å²) in [6.45, 7) is 9.86. The maximum atomic E-state index is 13.2. The van der Waals surface area contributed by atoms with Crippen LogP contribution < -0.4 is 9.62 Å². The van der Waals surface area contributed by atoms with Crippen LogP contribution in [0, 0.1) is 13.8 Å². The third-order valence-electron chi connectivity index (χ3n) is 5.51. The molecule has 0 saturated carbocycles. The van der Waals surface area contributed by atoms with Gasteiger partial charge in [-0.2, -0.15) is 0 Å². The molecule has 0 heterocycles. The Morgan fingerprint density at radius 3 is 2.18 bits per heavy atom. The van der Waals surface area contributed by atoms with E-state index in [0.29, 0.717) is 18.7 Å². The van der Waals surface area contributed by atoms with Gasteiger partial charge >= 0.3 is 0 Å². The number of nitrogens with one attached hydrogen (secondary N) is 1. The van der Waals surface area contributed by atoms with Crippen molar-refractivity contribution >= 4 is 27.5 Å². The third kappa shape index (κ3) is 8.17. The van der Waals surface area contributed by atoms with Gasteiger partial charge in [0.05, 0.1) is 11.9 Å². The molecule has 0 saturated heterocycles. The summed E-state index contributed by atoms with van der Waals surface area (Å²) >= 11 is 0. The van der Waals surface area contributed by atoms with E-state index in [0.717, 1.165) is 16.7 Å².